The SMILES string of the molecule is Cc1ccc(-n2c(=O)cc(F)n3cnc(=O)nc23)cc1C. The number of hydrogen-bond donors (Lipinski definition) is 0. The Hall–Kier alpha value is -2.83. The standard InChI is InChI=1S/C14H11FN4O2/c1-8-3-4-10(5-9(8)2)19-12(20)6-11(15)18-7-16-13(21)17-14(18)19/h3-7H,1-2H3. The van der Waals surface area contributed by atoms with Gasteiger partial charge < -0.3 is 0 Å². The van der Waals surface area contributed by atoms with Crippen LogP contribution < -0.4 is 11.2 Å². The molecule has 0 aliphatic heterocycles. The van der Waals surface area contributed by atoms with Gasteiger partial charge in [-0.25, -0.2) is 13.8 Å². The summed E-state index contributed by atoms with van der Waals surface area (Å²) >= 11 is 0. The Balaban J connectivity index is 2.46. The van der Waals surface area contributed by atoms with E-state index in [0.717, 1.165) is 27.9 Å². The predicted molar refractivity (Wildman–Crippen MR) is 74.3 cm³/mol. The third kappa shape index (κ3) is 2.12. The van der Waals surface area contributed by atoms with Gasteiger partial charge in [0.25, 0.3) is 5.56 Å². The van der Waals surface area contributed by atoms with Gasteiger partial charge in [0.1, 0.15) is 6.33 Å². The monoisotopic (exact) mass is 286 g/mol. The Morgan fingerprint density at radius 3 is 2.57 bits per heavy atom. The number of halogens is 1. The molecule has 0 amide bonds. The van der Waals surface area contributed by atoms with E-state index >= 15 is 0 Å². The first-order valence-electron chi connectivity index (χ1n) is 6.22. The molecule has 1 aromatic carbocycles. The Labute approximate surface area is 118 Å². The largest absolute Gasteiger partial charge is 0.371 e. The zero-order chi connectivity index (χ0) is 15.1. The maximum atomic E-state index is 13.8. The highest BCUT2D eigenvalue weighted by molar-refractivity contribution is 5.46. The van der Waals surface area contributed by atoms with E-state index in [9.17, 15) is 14.0 Å². The number of aryl methyl sites for hydroxylation is 2. The molecule has 0 N–H and O–H groups in total. The van der Waals surface area contributed by atoms with E-state index in [1.165, 1.54) is 4.57 Å². The van der Waals surface area contributed by atoms with Crippen LogP contribution >= 0.6 is 0 Å². The smallest absolute Gasteiger partial charge is 0.269 e. The minimum absolute atomic E-state index is 0.108. The summed E-state index contributed by atoms with van der Waals surface area (Å²) in [5.41, 5.74) is 1.16. The first kappa shape index (κ1) is 13.2. The molecular weight excluding hydrogens is 275 g/mol. The van der Waals surface area contributed by atoms with Crippen LogP contribution in [0.25, 0.3) is 11.5 Å². The van der Waals surface area contributed by atoms with E-state index in [2.05, 4.69) is 9.97 Å². The van der Waals surface area contributed by atoms with Gasteiger partial charge in [-0.05, 0) is 37.1 Å². The summed E-state index contributed by atoms with van der Waals surface area (Å²) < 4.78 is 15.9. The molecule has 2 aromatic heterocycles. The van der Waals surface area contributed by atoms with Crippen molar-refractivity contribution in [1.82, 2.24) is 18.9 Å². The second kappa shape index (κ2) is 4.62. The number of benzene rings is 1. The van der Waals surface area contributed by atoms with Gasteiger partial charge in [-0.2, -0.15) is 14.4 Å². The zero-order valence-electron chi connectivity index (χ0n) is 11.4. The number of aromatic nitrogens is 4. The van der Waals surface area contributed by atoms with Crippen molar-refractivity contribution in [2.45, 2.75) is 13.8 Å². The molecule has 3 rings (SSSR count). The molecule has 0 bridgehead atoms. The van der Waals surface area contributed by atoms with E-state index in [-0.39, 0.29) is 5.78 Å². The molecule has 7 heteroatoms. The number of fused-ring (bicyclic) bond motifs is 1. The third-order valence-corrected chi connectivity index (χ3v) is 3.34. The van der Waals surface area contributed by atoms with Crippen LogP contribution in [-0.4, -0.2) is 18.9 Å². The molecule has 0 saturated carbocycles. The Bertz CT molecular complexity index is 975. The average molecular weight is 286 g/mol. The summed E-state index contributed by atoms with van der Waals surface area (Å²) in [6.45, 7) is 3.84. The van der Waals surface area contributed by atoms with Crippen molar-refractivity contribution in [2.24, 2.45) is 0 Å². The van der Waals surface area contributed by atoms with Crippen molar-refractivity contribution in [3.8, 4) is 5.69 Å². The summed E-state index contributed by atoms with van der Waals surface area (Å²) in [5.74, 6) is -0.932. The summed E-state index contributed by atoms with van der Waals surface area (Å²) in [4.78, 5) is 30.5. The maximum Gasteiger partial charge on any atom is 0.371 e. The highest BCUT2D eigenvalue weighted by Crippen LogP contribution is 2.14. The molecule has 0 unspecified atom stereocenters. The minimum atomic E-state index is -0.824. The van der Waals surface area contributed by atoms with Crippen molar-refractivity contribution < 1.29 is 4.39 Å². The van der Waals surface area contributed by atoms with Crippen molar-refractivity contribution in [2.75, 3.05) is 0 Å². The second-order valence-electron chi connectivity index (χ2n) is 4.72. The lowest BCUT2D eigenvalue weighted by Crippen LogP contribution is -2.26. The summed E-state index contributed by atoms with van der Waals surface area (Å²) in [7, 11) is 0. The lowest BCUT2D eigenvalue weighted by molar-refractivity contribution is 0.549. The van der Waals surface area contributed by atoms with Crippen LogP contribution in [0.2, 0.25) is 0 Å². The third-order valence-electron chi connectivity index (χ3n) is 3.34. The van der Waals surface area contributed by atoms with E-state index < -0.39 is 17.2 Å². The van der Waals surface area contributed by atoms with Crippen LogP contribution in [0.3, 0.4) is 0 Å². The quantitative estimate of drug-likeness (QED) is 0.626. The molecule has 2 heterocycles. The lowest BCUT2D eigenvalue weighted by Gasteiger charge is -2.11. The van der Waals surface area contributed by atoms with Gasteiger partial charge in [0, 0.05) is 0 Å². The first-order chi connectivity index (χ1) is 9.97. The van der Waals surface area contributed by atoms with Gasteiger partial charge in [0.15, 0.2) is 0 Å². The fourth-order valence-electron chi connectivity index (χ4n) is 2.08. The number of hydrogen-bond acceptors (Lipinski definition) is 4. The van der Waals surface area contributed by atoms with Gasteiger partial charge in [0.2, 0.25) is 11.7 Å². The highest BCUT2D eigenvalue weighted by Gasteiger charge is 2.12. The van der Waals surface area contributed by atoms with E-state index in [1.54, 1.807) is 12.1 Å². The van der Waals surface area contributed by atoms with Crippen LogP contribution in [0.15, 0.2) is 40.2 Å². The van der Waals surface area contributed by atoms with Gasteiger partial charge in [-0.3, -0.25) is 4.79 Å². The fraction of sp³-hybridized carbons (Fsp3) is 0.143. The molecule has 0 atom stereocenters. The van der Waals surface area contributed by atoms with E-state index in [4.69, 9.17) is 0 Å². The molecule has 6 nitrogen and oxygen atoms in total. The van der Waals surface area contributed by atoms with Crippen molar-refractivity contribution >= 4 is 5.78 Å². The van der Waals surface area contributed by atoms with Crippen LogP contribution in [0, 0.1) is 19.8 Å². The van der Waals surface area contributed by atoms with Crippen LogP contribution in [0.1, 0.15) is 11.1 Å². The Morgan fingerprint density at radius 1 is 1.10 bits per heavy atom. The highest BCUT2D eigenvalue weighted by atomic mass is 19.1. The topological polar surface area (TPSA) is 69.3 Å². The van der Waals surface area contributed by atoms with E-state index in [0.29, 0.717) is 5.69 Å². The van der Waals surface area contributed by atoms with Crippen LogP contribution in [-0.2, 0) is 0 Å². The van der Waals surface area contributed by atoms with Gasteiger partial charge in [-0.15, -0.1) is 0 Å². The zero-order valence-corrected chi connectivity index (χ0v) is 11.4. The van der Waals surface area contributed by atoms with Crippen molar-refractivity contribution in [3.05, 3.63) is 68.5 Å². The molecular formula is C14H11FN4O2. The fourth-order valence-corrected chi connectivity index (χ4v) is 2.08. The normalized spacial score (nSPS) is 11.0. The van der Waals surface area contributed by atoms with Crippen molar-refractivity contribution in [3.63, 3.8) is 0 Å². The predicted octanol–water partition coefficient (Wildman–Crippen LogP) is 0.996. The molecule has 0 aliphatic rings. The second-order valence-corrected chi connectivity index (χ2v) is 4.72. The first-order valence-corrected chi connectivity index (χ1v) is 6.22. The summed E-state index contributed by atoms with van der Waals surface area (Å²) in [5, 5.41) is 0. The van der Waals surface area contributed by atoms with E-state index in [1.807, 2.05) is 19.9 Å². The van der Waals surface area contributed by atoms with Crippen LogP contribution in [0.4, 0.5) is 4.39 Å². The van der Waals surface area contributed by atoms with Crippen LogP contribution in [0.5, 0.6) is 0 Å². The number of nitrogens with zero attached hydrogens (tertiary/aromatic N) is 4. The average Bonchev–Trinajstić information content (AvgIpc) is 2.42. The Morgan fingerprint density at radius 2 is 1.86 bits per heavy atom. The molecule has 0 saturated heterocycles. The molecule has 0 radical (unpaired) electrons. The lowest BCUT2D eigenvalue weighted by atomic mass is 10.1. The molecule has 21 heavy (non-hydrogen) atoms. The van der Waals surface area contributed by atoms with Gasteiger partial charge >= 0.3 is 5.69 Å². The van der Waals surface area contributed by atoms with Crippen molar-refractivity contribution in [1.29, 1.82) is 0 Å². The molecule has 0 fully saturated rings. The molecule has 106 valence electrons. The number of rotatable bonds is 1. The molecule has 3 aromatic rings. The Kier molecular flexibility index (Phi) is 2.90. The van der Waals surface area contributed by atoms with Gasteiger partial charge in [-0.1, -0.05) is 6.07 Å². The minimum Gasteiger partial charge on any atom is -0.269 e. The summed E-state index contributed by atoms with van der Waals surface area (Å²) in [6, 6.07) is 6.17. The maximum absolute atomic E-state index is 13.8. The summed E-state index contributed by atoms with van der Waals surface area (Å²) in [6.07, 6.45) is 1.01. The molecule has 0 spiro atoms. The molecule has 0 aliphatic carbocycles. The van der Waals surface area contributed by atoms with Gasteiger partial charge in [0.05, 0.1) is 11.8 Å².